The Kier molecular flexibility index (Phi) is 8.02. The van der Waals surface area contributed by atoms with Crippen LogP contribution in [0.4, 0.5) is 11.4 Å². The second kappa shape index (κ2) is 12.3. The number of hydrogen-bond acceptors (Lipinski definition) is 7. The molecule has 0 saturated carbocycles. The normalized spacial score (nSPS) is 13.9. The number of morpholine rings is 1. The summed E-state index contributed by atoms with van der Waals surface area (Å²) in [4.78, 5) is 35.3. The molecule has 41 heavy (non-hydrogen) atoms. The van der Waals surface area contributed by atoms with Crippen LogP contribution >= 0.6 is 0 Å². The summed E-state index contributed by atoms with van der Waals surface area (Å²) in [7, 11) is 0. The number of rotatable bonds is 10. The predicted octanol–water partition coefficient (Wildman–Crippen LogP) is 5.35. The van der Waals surface area contributed by atoms with Crippen LogP contribution in [0.15, 0.2) is 89.9 Å². The van der Waals surface area contributed by atoms with E-state index in [0.717, 1.165) is 67.0 Å². The number of hydrogen-bond donors (Lipinski definition) is 2. The number of nitrogens with zero attached hydrogens (tertiary/aromatic N) is 2. The number of pyridine rings is 2. The van der Waals surface area contributed by atoms with Crippen molar-refractivity contribution in [2.45, 2.75) is 12.8 Å². The second-order valence-electron chi connectivity index (χ2n) is 10.2. The zero-order valence-electron chi connectivity index (χ0n) is 22.8. The van der Waals surface area contributed by atoms with Gasteiger partial charge in [-0.05, 0) is 48.4 Å². The lowest BCUT2D eigenvalue weighted by molar-refractivity contribution is 0.0357. The first-order valence-electron chi connectivity index (χ1n) is 14.0. The van der Waals surface area contributed by atoms with E-state index in [9.17, 15) is 9.59 Å². The fourth-order valence-electron chi connectivity index (χ4n) is 5.27. The molecule has 1 aliphatic heterocycles. The van der Waals surface area contributed by atoms with Gasteiger partial charge in [-0.1, -0.05) is 42.5 Å². The van der Waals surface area contributed by atoms with Crippen molar-refractivity contribution in [1.82, 2.24) is 14.9 Å². The molecule has 8 heteroatoms. The Morgan fingerprint density at radius 3 is 2.54 bits per heavy atom. The second-order valence-corrected chi connectivity index (χ2v) is 10.2. The van der Waals surface area contributed by atoms with Gasteiger partial charge in [0.15, 0.2) is 5.78 Å². The summed E-state index contributed by atoms with van der Waals surface area (Å²) in [6, 6.07) is 24.7. The number of Topliss-reactive ketones (excluding diaryl/α,β-unsaturated/α-hetero) is 1. The van der Waals surface area contributed by atoms with Gasteiger partial charge in [-0.3, -0.25) is 14.5 Å². The predicted molar refractivity (Wildman–Crippen MR) is 161 cm³/mol. The van der Waals surface area contributed by atoms with E-state index in [-0.39, 0.29) is 17.8 Å². The number of ether oxygens (including phenoxy) is 2. The zero-order valence-corrected chi connectivity index (χ0v) is 22.8. The quantitative estimate of drug-likeness (QED) is 0.138. The Balaban J connectivity index is 1.12. The molecule has 3 heterocycles. The number of benzene rings is 3. The monoisotopic (exact) mass is 548 g/mol. The number of H-pyrrole nitrogens is 1. The lowest BCUT2D eigenvalue weighted by Gasteiger charge is -2.26. The fourth-order valence-corrected chi connectivity index (χ4v) is 5.27. The zero-order chi connectivity index (χ0) is 28.0. The highest BCUT2D eigenvalue weighted by Crippen LogP contribution is 2.30. The molecule has 3 aromatic carbocycles. The van der Waals surface area contributed by atoms with Crippen LogP contribution in [-0.2, 0) is 11.2 Å². The Labute approximate surface area is 237 Å². The van der Waals surface area contributed by atoms with E-state index in [4.69, 9.17) is 9.47 Å². The molecule has 6 rings (SSSR count). The highest BCUT2D eigenvalue weighted by atomic mass is 16.5. The number of aromatic amines is 1. The molecular formula is C33H32N4O4. The minimum atomic E-state index is -0.160. The summed E-state index contributed by atoms with van der Waals surface area (Å²) < 4.78 is 11.4. The third kappa shape index (κ3) is 6.14. The first-order chi connectivity index (χ1) is 20.2. The molecule has 0 spiro atoms. The molecule has 0 amide bonds. The summed E-state index contributed by atoms with van der Waals surface area (Å²) >= 11 is 0. The maximum atomic E-state index is 13.2. The van der Waals surface area contributed by atoms with Crippen LogP contribution in [0.5, 0.6) is 5.75 Å². The molecule has 0 unspecified atom stereocenters. The van der Waals surface area contributed by atoms with E-state index in [0.29, 0.717) is 29.0 Å². The molecule has 5 aromatic rings. The summed E-state index contributed by atoms with van der Waals surface area (Å²) in [5.41, 5.74) is 3.59. The first-order valence-corrected chi connectivity index (χ1v) is 14.0. The van der Waals surface area contributed by atoms with E-state index < -0.39 is 0 Å². The molecular weight excluding hydrogens is 516 g/mol. The van der Waals surface area contributed by atoms with Gasteiger partial charge in [0, 0.05) is 54.1 Å². The molecule has 1 aliphatic rings. The summed E-state index contributed by atoms with van der Waals surface area (Å²) in [6.07, 6.45) is 2.85. The summed E-state index contributed by atoms with van der Waals surface area (Å²) in [5, 5.41) is 5.76. The molecule has 0 atom stereocenters. The van der Waals surface area contributed by atoms with Crippen LogP contribution in [-0.4, -0.2) is 60.1 Å². The van der Waals surface area contributed by atoms with Crippen LogP contribution in [0.3, 0.4) is 0 Å². The van der Waals surface area contributed by atoms with Gasteiger partial charge in [-0.2, -0.15) is 0 Å². The number of para-hydroxylation sites is 1. The van der Waals surface area contributed by atoms with Crippen molar-refractivity contribution < 1.29 is 14.3 Å². The highest BCUT2D eigenvalue weighted by molar-refractivity contribution is 6.10. The van der Waals surface area contributed by atoms with Crippen molar-refractivity contribution in [2.75, 3.05) is 44.8 Å². The third-order valence-corrected chi connectivity index (χ3v) is 7.39. The van der Waals surface area contributed by atoms with E-state index >= 15 is 0 Å². The van der Waals surface area contributed by atoms with Gasteiger partial charge in [0.1, 0.15) is 11.4 Å². The molecule has 2 aromatic heterocycles. The minimum absolute atomic E-state index is 0.0186. The molecule has 2 N–H and O–H groups in total. The minimum Gasteiger partial charge on any atom is -0.493 e. The van der Waals surface area contributed by atoms with E-state index in [1.54, 1.807) is 6.20 Å². The highest BCUT2D eigenvalue weighted by Gasteiger charge is 2.15. The lowest BCUT2D eigenvalue weighted by atomic mass is 10.0. The maximum Gasteiger partial charge on any atom is 0.257 e. The number of carbonyl (C=O) groups is 1. The molecule has 8 nitrogen and oxygen atoms in total. The standard InChI is InChI=1S/C33H32N4O4/c38-29(27-8-3-4-9-30(27)41-19-5-16-37-17-20-40-21-18-37)22-23-10-12-24(13-11-23)35-28-14-15-34-32-31(28)25-6-1-2-7-26(25)33(39)36-32/h1-4,6-15H,5,16-22H2,(H2,34,35,36,39). The van der Waals surface area contributed by atoms with E-state index in [2.05, 4.69) is 20.2 Å². The Morgan fingerprint density at radius 1 is 0.951 bits per heavy atom. The van der Waals surface area contributed by atoms with Crippen LogP contribution in [0.25, 0.3) is 21.8 Å². The molecule has 1 fully saturated rings. The number of nitrogens with one attached hydrogen (secondary N) is 2. The fraction of sp³-hybridized carbons (Fsp3) is 0.242. The van der Waals surface area contributed by atoms with Gasteiger partial charge in [-0.25, -0.2) is 4.98 Å². The number of carbonyl (C=O) groups excluding carboxylic acids is 1. The van der Waals surface area contributed by atoms with Crippen molar-refractivity contribution in [3.63, 3.8) is 0 Å². The van der Waals surface area contributed by atoms with Crippen molar-refractivity contribution in [2.24, 2.45) is 0 Å². The van der Waals surface area contributed by atoms with Crippen LogP contribution in [0.1, 0.15) is 22.3 Å². The summed E-state index contributed by atoms with van der Waals surface area (Å²) in [6.45, 7) is 5.02. The number of fused-ring (bicyclic) bond motifs is 3. The van der Waals surface area contributed by atoms with Gasteiger partial charge in [0.25, 0.3) is 5.56 Å². The maximum absolute atomic E-state index is 13.2. The van der Waals surface area contributed by atoms with E-state index in [1.807, 2.05) is 78.9 Å². The SMILES string of the molecule is O=C(Cc1ccc(Nc2ccnc3[nH]c(=O)c4ccccc4c23)cc1)c1ccccc1OCCCN1CCOCC1. The number of ketones is 1. The van der Waals surface area contributed by atoms with E-state index in [1.165, 1.54) is 0 Å². The Hall–Kier alpha value is -4.53. The van der Waals surface area contributed by atoms with Crippen molar-refractivity contribution >= 4 is 39.0 Å². The van der Waals surface area contributed by atoms with Crippen molar-refractivity contribution in [3.05, 3.63) is 107 Å². The number of aromatic nitrogens is 2. The van der Waals surface area contributed by atoms with Crippen LogP contribution < -0.4 is 15.6 Å². The van der Waals surface area contributed by atoms with Gasteiger partial charge < -0.3 is 19.8 Å². The molecule has 0 aliphatic carbocycles. The lowest BCUT2D eigenvalue weighted by Crippen LogP contribution is -2.37. The summed E-state index contributed by atoms with van der Waals surface area (Å²) in [5.74, 6) is 0.651. The van der Waals surface area contributed by atoms with Crippen LogP contribution in [0.2, 0.25) is 0 Å². The van der Waals surface area contributed by atoms with Gasteiger partial charge in [-0.15, -0.1) is 0 Å². The molecule has 1 saturated heterocycles. The molecule has 0 radical (unpaired) electrons. The molecule has 0 bridgehead atoms. The first kappa shape index (κ1) is 26.7. The smallest absolute Gasteiger partial charge is 0.257 e. The van der Waals surface area contributed by atoms with Crippen molar-refractivity contribution in [3.8, 4) is 5.75 Å². The van der Waals surface area contributed by atoms with Gasteiger partial charge >= 0.3 is 0 Å². The average molecular weight is 549 g/mol. The number of anilines is 2. The third-order valence-electron chi connectivity index (χ3n) is 7.39. The Morgan fingerprint density at radius 2 is 1.71 bits per heavy atom. The van der Waals surface area contributed by atoms with Crippen molar-refractivity contribution in [1.29, 1.82) is 0 Å². The van der Waals surface area contributed by atoms with Crippen LogP contribution in [0, 0.1) is 0 Å². The topological polar surface area (TPSA) is 96.5 Å². The largest absolute Gasteiger partial charge is 0.493 e. The Bertz CT molecular complexity index is 1730. The van der Waals surface area contributed by atoms with Gasteiger partial charge in [0.05, 0.1) is 31.1 Å². The van der Waals surface area contributed by atoms with Gasteiger partial charge in [0.2, 0.25) is 0 Å². The molecule has 208 valence electrons. The average Bonchev–Trinajstić information content (AvgIpc) is 3.01.